The Kier molecular flexibility index (Phi) is 5.96. The lowest BCUT2D eigenvalue weighted by atomic mass is 10.1. The van der Waals surface area contributed by atoms with Gasteiger partial charge in [-0.05, 0) is 48.0 Å². The number of ether oxygens (including phenoxy) is 2. The molecule has 164 valence electrons. The molecule has 6 heteroatoms. The van der Waals surface area contributed by atoms with Gasteiger partial charge in [0.15, 0.2) is 5.82 Å². The Bertz CT molecular complexity index is 1400. The molecule has 0 unspecified atom stereocenters. The van der Waals surface area contributed by atoms with Crippen molar-refractivity contribution in [3.63, 3.8) is 0 Å². The lowest BCUT2D eigenvalue weighted by molar-refractivity contribution is 0.303. The van der Waals surface area contributed by atoms with Crippen LogP contribution in [0.1, 0.15) is 16.8 Å². The first kappa shape index (κ1) is 21.0. The van der Waals surface area contributed by atoms with Gasteiger partial charge in [-0.1, -0.05) is 48.0 Å². The summed E-state index contributed by atoms with van der Waals surface area (Å²) in [6, 6.07) is 27.5. The van der Waals surface area contributed by atoms with Crippen molar-refractivity contribution >= 4 is 22.6 Å². The van der Waals surface area contributed by atoms with Crippen LogP contribution in [0.15, 0.2) is 84.9 Å². The summed E-state index contributed by atoms with van der Waals surface area (Å²) in [5.74, 6) is 2.29. The molecule has 2 aromatic heterocycles. The van der Waals surface area contributed by atoms with Crippen LogP contribution >= 0.6 is 11.6 Å². The molecule has 5 rings (SSSR count). The van der Waals surface area contributed by atoms with Gasteiger partial charge < -0.3 is 14.5 Å². The summed E-state index contributed by atoms with van der Waals surface area (Å²) < 4.78 is 11.4. The van der Waals surface area contributed by atoms with Crippen molar-refractivity contribution in [2.45, 2.75) is 13.0 Å². The highest BCUT2D eigenvalue weighted by Gasteiger charge is 2.11. The molecule has 0 aliphatic rings. The van der Waals surface area contributed by atoms with E-state index in [0.29, 0.717) is 23.9 Å². The molecule has 5 nitrogen and oxygen atoms in total. The van der Waals surface area contributed by atoms with Gasteiger partial charge in [-0.2, -0.15) is 0 Å². The van der Waals surface area contributed by atoms with Gasteiger partial charge in [0.2, 0.25) is 0 Å². The van der Waals surface area contributed by atoms with E-state index in [1.807, 2.05) is 84.9 Å². The second-order valence-corrected chi connectivity index (χ2v) is 8.12. The smallest absolute Gasteiger partial charge is 0.157 e. The summed E-state index contributed by atoms with van der Waals surface area (Å²) in [5, 5.41) is 0.666. The number of methoxy groups -OCH3 is 1. The largest absolute Gasteiger partial charge is 0.497 e. The van der Waals surface area contributed by atoms with E-state index in [-0.39, 0.29) is 0 Å². The molecule has 2 heterocycles. The highest BCUT2D eigenvalue weighted by atomic mass is 35.5. The van der Waals surface area contributed by atoms with Gasteiger partial charge in [-0.25, -0.2) is 9.97 Å². The lowest BCUT2D eigenvalue weighted by Gasteiger charge is -2.12. The van der Waals surface area contributed by atoms with Crippen molar-refractivity contribution in [1.29, 1.82) is 0 Å². The number of imidazole rings is 1. The van der Waals surface area contributed by atoms with Crippen LogP contribution in [0.2, 0.25) is 5.02 Å². The summed E-state index contributed by atoms with van der Waals surface area (Å²) in [6.45, 7) is 0.491. The number of aromatic amines is 1. The third-order valence-corrected chi connectivity index (χ3v) is 5.60. The quantitative estimate of drug-likeness (QED) is 0.306. The molecule has 0 amide bonds. The Balaban J connectivity index is 1.40. The number of hydrogen-bond donors (Lipinski definition) is 1. The average molecular weight is 456 g/mol. The maximum Gasteiger partial charge on any atom is 0.157 e. The Morgan fingerprint density at radius 1 is 0.879 bits per heavy atom. The molecule has 0 aliphatic carbocycles. The number of rotatable bonds is 7. The molecular formula is C27H22ClN3O2. The van der Waals surface area contributed by atoms with Gasteiger partial charge in [-0.3, -0.25) is 0 Å². The summed E-state index contributed by atoms with van der Waals surface area (Å²) in [6.07, 6.45) is 0.590. The van der Waals surface area contributed by atoms with Gasteiger partial charge in [0.1, 0.15) is 23.8 Å². The molecular weight excluding hydrogens is 434 g/mol. The first-order valence-electron chi connectivity index (χ1n) is 10.6. The van der Waals surface area contributed by atoms with Gasteiger partial charge in [0.25, 0.3) is 0 Å². The maximum absolute atomic E-state index is 6.30. The minimum absolute atomic E-state index is 0.491. The summed E-state index contributed by atoms with van der Waals surface area (Å²) >= 11 is 6.30. The molecule has 3 aromatic carbocycles. The Morgan fingerprint density at radius 3 is 2.61 bits per heavy atom. The molecule has 0 bridgehead atoms. The first-order valence-corrected chi connectivity index (χ1v) is 11.0. The maximum atomic E-state index is 6.30. The van der Waals surface area contributed by atoms with Crippen molar-refractivity contribution in [3.05, 3.63) is 107 Å². The summed E-state index contributed by atoms with van der Waals surface area (Å²) in [7, 11) is 1.65. The molecule has 0 fully saturated rings. The zero-order valence-electron chi connectivity index (χ0n) is 18.1. The number of aromatic nitrogens is 3. The van der Waals surface area contributed by atoms with Crippen LogP contribution in [0, 0.1) is 0 Å². The molecule has 0 atom stereocenters. The fourth-order valence-corrected chi connectivity index (χ4v) is 3.90. The van der Waals surface area contributed by atoms with Gasteiger partial charge in [0, 0.05) is 28.8 Å². The van der Waals surface area contributed by atoms with E-state index in [9.17, 15) is 0 Å². The Labute approximate surface area is 197 Å². The molecule has 1 N–H and O–H groups in total. The minimum Gasteiger partial charge on any atom is -0.497 e. The number of hydrogen-bond acceptors (Lipinski definition) is 4. The summed E-state index contributed by atoms with van der Waals surface area (Å²) in [4.78, 5) is 12.9. The molecule has 33 heavy (non-hydrogen) atoms. The fraction of sp³-hybridized carbons (Fsp3) is 0.111. The van der Waals surface area contributed by atoms with Crippen molar-refractivity contribution in [1.82, 2.24) is 15.0 Å². The number of H-pyrrole nitrogens is 1. The number of pyridine rings is 1. The van der Waals surface area contributed by atoms with E-state index in [1.165, 1.54) is 0 Å². The highest BCUT2D eigenvalue weighted by Crippen LogP contribution is 2.27. The van der Waals surface area contributed by atoms with E-state index in [2.05, 4.69) is 9.97 Å². The molecule has 0 saturated carbocycles. The SMILES string of the molecule is COc1ccc2nc(-c3cccc(Cc4cc(Cl)ccc4OCc4ccccc4)n3)[nH]c2c1. The first-order chi connectivity index (χ1) is 16.2. The molecule has 0 spiro atoms. The number of fused-ring (bicyclic) bond motifs is 1. The number of benzene rings is 3. The van der Waals surface area contributed by atoms with Crippen LogP contribution in [0.3, 0.4) is 0 Å². The summed E-state index contributed by atoms with van der Waals surface area (Å²) in [5.41, 5.74) is 5.54. The number of halogens is 1. The number of nitrogens with one attached hydrogen (secondary N) is 1. The normalized spacial score (nSPS) is 11.0. The highest BCUT2D eigenvalue weighted by molar-refractivity contribution is 6.30. The van der Waals surface area contributed by atoms with E-state index < -0.39 is 0 Å². The number of nitrogens with zero attached hydrogens (tertiary/aromatic N) is 2. The van der Waals surface area contributed by atoms with Crippen LogP contribution in [-0.2, 0) is 13.0 Å². The third kappa shape index (κ3) is 4.83. The fourth-order valence-electron chi connectivity index (χ4n) is 3.70. The molecule has 0 radical (unpaired) electrons. The van der Waals surface area contributed by atoms with E-state index in [4.69, 9.17) is 26.1 Å². The Hall–Kier alpha value is -3.83. The third-order valence-electron chi connectivity index (χ3n) is 5.37. The van der Waals surface area contributed by atoms with Crippen molar-refractivity contribution in [2.24, 2.45) is 0 Å². The monoisotopic (exact) mass is 455 g/mol. The molecule has 5 aromatic rings. The molecule has 0 saturated heterocycles. The topological polar surface area (TPSA) is 60.0 Å². The second-order valence-electron chi connectivity index (χ2n) is 7.69. The lowest BCUT2D eigenvalue weighted by Crippen LogP contribution is -2.01. The zero-order chi connectivity index (χ0) is 22.6. The van der Waals surface area contributed by atoms with E-state index in [1.54, 1.807) is 7.11 Å². The van der Waals surface area contributed by atoms with Crippen LogP contribution in [0.25, 0.3) is 22.6 Å². The van der Waals surface area contributed by atoms with Crippen molar-refractivity contribution < 1.29 is 9.47 Å². The van der Waals surface area contributed by atoms with Crippen LogP contribution in [0.4, 0.5) is 0 Å². The van der Waals surface area contributed by atoms with Gasteiger partial charge >= 0.3 is 0 Å². The van der Waals surface area contributed by atoms with Crippen LogP contribution in [0.5, 0.6) is 11.5 Å². The predicted octanol–water partition coefficient (Wildman–Crippen LogP) is 6.46. The average Bonchev–Trinajstić information content (AvgIpc) is 3.28. The molecule has 0 aliphatic heterocycles. The van der Waals surface area contributed by atoms with Crippen LogP contribution in [-0.4, -0.2) is 22.1 Å². The van der Waals surface area contributed by atoms with Crippen molar-refractivity contribution in [2.75, 3.05) is 7.11 Å². The van der Waals surface area contributed by atoms with Gasteiger partial charge in [0.05, 0.1) is 18.1 Å². The van der Waals surface area contributed by atoms with E-state index in [0.717, 1.165) is 45.0 Å². The predicted molar refractivity (Wildman–Crippen MR) is 131 cm³/mol. The standard InChI is InChI=1S/C27H22ClN3O2/c1-32-22-11-12-23-25(16-22)31-27(30-23)24-9-5-8-21(29-24)15-19-14-20(28)10-13-26(19)33-17-18-6-3-2-4-7-18/h2-14,16H,15,17H2,1H3,(H,30,31). The Morgan fingerprint density at radius 2 is 1.76 bits per heavy atom. The van der Waals surface area contributed by atoms with E-state index >= 15 is 0 Å². The minimum atomic E-state index is 0.491. The van der Waals surface area contributed by atoms with Crippen molar-refractivity contribution in [3.8, 4) is 23.0 Å². The van der Waals surface area contributed by atoms with Gasteiger partial charge in [-0.15, -0.1) is 0 Å². The van der Waals surface area contributed by atoms with Crippen LogP contribution < -0.4 is 9.47 Å². The second kappa shape index (κ2) is 9.35. The zero-order valence-corrected chi connectivity index (χ0v) is 18.8.